The highest BCUT2D eigenvalue weighted by atomic mass is 16.5. The Morgan fingerprint density at radius 1 is 0.963 bits per heavy atom. The number of aromatic nitrogens is 4. The molecule has 7 nitrogen and oxygen atoms in total. The van der Waals surface area contributed by atoms with Crippen LogP contribution in [0, 0.1) is 34.6 Å². The number of hydrogen-bond donors (Lipinski definition) is 0. The van der Waals surface area contributed by atoms with E-state index in [1.165, 1.54) is 4.52 Å². The third-order valence-corrected chi connectivity index (χ3v) is 4.56. The van der Waals surface area contributed by atoms with Gasteiger partial charge < -0.3 is 4.74 Å². The van der Waals surface area contributed by atoms with Crippen LogP contribution in [0.5, 0.6) is 0 Å². The molecule has 0 aliphatic rings. The highest BCUT2D eigenvalue weighted by Crippen LogP contribution is 2.18. The van der Waals surface area contributed by atoms with E-state index in [0.29, 0.717) is 11.3 Å². The fourth-order valence-corrected chi connectivity index (χ4v) is 2.96. The summed E-state index contributed by atoms with van der Waals surface area (Å²) < 4.78 is 6.80. The number of carbonyl (C=O) groups excluding carboxylic acids is 2. The Bertz CT molecular complexity index is 1070. The van der Waals surface area contributed by atoms with Gasteiger partial charge >= 0.3 is 5.97 Å². The lowest BCUT2D eigenvalue weighted by molar-refractivity contribution is 0.0307. The predicted octanol–water partition coefficient (Wildman–Crippen LogP) is 3.09. The summed E-state index contributed by atoms with van der Waals surface area (Å²) in [5, 5.41) is 4.14. The van der Waals surface area contributed by atoms with Gasteiger partial charge in [-0.05, 0) is 70.4 Å². The third-order valence-electron chi connectivity index (χ3n) is 4.56. The molecule has 140 valence electrons. The number of Topliss-reactive ketones (excluding diaryl/α,β-unsaturated/α-hetero) is 1. The molecule has 3 aromatic rings. The van der Waals surface area contributed by atoms with Gasteiger partial charge in [-0.15, -0.1) is 5.10 Å². The molecule has 0 fully saturated rings. The van der Waals surface area contributed by atoms with Crippen molar-refractivity contribution in [2.45, 2.75) is 47.6 Å². The molecule has 2 heterocycles. The molecule has 7 heteroatoms. The quantitative estimate of drug-likeness (QED) is 0.521. The van der Waals surface area contributed by atoms with Gasteiger partial charge in [0.1, 0.15) is 0 Å². The third kappa shape index (κ3) is 3.58. The lowest BCUT2D eigenvalue weighted by Gasteiger charge is -2.14. The normalized spacial score (nSPS) is 12.2. The second-order valence-corrected chi connectivity index (χ2v) is 6.85. The summed E-state index contributed by atoms with van der Waals surface area (Å²) in [6.45, 7) is 11.0. The minimum absolute atomic E-state index is 0.118. The zero-order valence-corrected chi connectivity index (χ0v) is 16.3. The fourth-order valence-electron chi connectivity index (χ4n) is 2.96. The van der Waals surface area contributed by atoms with Gasteiger partial charge in [-0.2, -0.15) is 4.98 Å². The summed E-state index contributed by atoms with van der Waals surface area (Å²) in [6, 6.07) is 5.62. The van der Waals surface area contributed by atoms with Crippen molar-refractivity contribution in [3.63, 3.8) is 0 Å². The van der Waals surface area contributed by atoms with Crippen molar-refractivity contribution in [2.24, 2.45) is 0 Å². The lowest BCUT2D eigenvalue weighted by atomic mass is 9.96. The van der Waals surface area contributed by atoms with Crippen LogP contribution in [0.3, 0.4) is 0 Å². The number of aryl methyl sites for hydroxylation is 5. The highest BCUT2D eigenvalue weighted by Gasteiger charge is 2.25. The maximum Gasteiger partial charge on any atom is 0.379 e. The summed E-state index contributed by atoms with van der Waals surface area (Å²) >= 11 is 0. The van der Waals surface area contributed by atoms with E-state index in [4.69, 9.17) is 4.74 Å². The first-order chi connectivity index (χ1) is 12.7. The molecule has 0 aliphatic heterocycles. The first-order valence-electron chi connectivity index (χ1n) is 8.71. The summed E-state index contributed by atoms with van der Waals surface area (Å²) in [5.74, 6) is -0.797. The van der Waals surface area contributed by atoms with E-state index >= 15 is 0 Å². The van der Waals surface area contributed by atoms with Crippen molar-refractivity contribution < 1.29 is 14.3 Å². The molecule has 0 aliphatic carbocycles. The van der Waals surface area contributed by atoms with Gasteiger partial charge in [0, 0.05) is 17.0 Å². The van der Waals surface area contributed by atoms with Crippen LogP contribution >= 0.6 is 0 Å². The maximum absolute atomic E-state index is 12.7. The van der Waals surface area contributed by atoms with Crippen molar-refractivity contribution in [3.05, 3.63) is 57.7 Å². The van der Waals surface area contributed by atoms with Crippen molar-refractivity contribution in [1.29, 1.82) is 0 Å². The Hall–Kier alpha value is -3.09. The topological polar surface area (TPSA) is 86.5 Å². The van der Waals surface area contributed by atoms with Crippen LogP contribution in [-0.4, -0.2) is 37.4 Å². The summed E-state index contributed by atoms with van der Waals surface area (Å²) in [5.41, 5.74) is 5.11. The maximum atomic E-state index is 12.7. The van der Waals surface area contributed by atoms with Gasteiger partial charge in [0.2, 0.25) is 5.78 Å². The molecule has 1 aromatic carbocycles. The van der Waals surface area contributed by atoms with Gasteiger partial charge in [0.25, 0.3) is 11.6 Å². The molecule has 0 N–H and O–H groups in total. The molecule has 27 heavy (non-hydrogen) atoms. The summed E-state index contributed by atoms with van der Waals surface area (Å²) in [4.78, 5) is 33.5. The zero-order valence-electron chi connectivity index (χ0n) is 16.3. The Morgan fingerprint density at radius 3 is 2.33 bits per heavy atom. The minimum Gasteiger partial charge on any atom is -0.448 e. The fraction of sp³-hybridized carbons (Fsp3) is 0.350. The smallest absolute Gasteiger partial charge is 0.379 e. The number of nitrogens with zero attached hydrogens (tertiary/aromatic N) is 4. The van der Waals surface area contributed by atoms with Crippen LogP contribution < -0.4 is 0 Å². The molecule has 0 unspecified atom stereocenters. The molecule has 0 saturated carbocycles. The number of benzene rings is 1. The number of esters is 1. The predicted molar refractivity (Wildman–Crippen MR) is 100 cm³/mol. The van der Waals surface area contributed by atoms with Gasteiger partial charge in [0.05, 0.1) is 0 Å². The van der Waals surface area contributed by atoms with E-state index < -0.39 is 12.1 Å². The standard InChI is InChI=1S/C20H22N4O3/c1-10-7-12(3)16(8-11(10)2)17(25)15(6)27-19(26)18-22-20-21-13(4)9-14(5)24(20)23-18/h7-9,15H,1-6H3/t15-/m0/s1. The highest BCUT2D eigenvalue weighted by molar-refractivity contribution is 6.02. The molecule has 0 radical (unpaired) electrons. The van der Waals surface area contributed by atoms with Crippen molar-refractivity contribution in [1.82, 2.24) is 19.6 Å². The van der Waals surface area contributed by atoms with Gasteiger partial charge in [-0.1, -0.05) is 6.07 Å². The molecular formula is C20H22N4O3. The van der Waals surface area contributed by atoms with Crippen LogP contribution in [0.15, 0.2) is 18.2 Å². The van der Waals surface area contributed by atoms with E-state index in [1.54, 1.807) is 6.92 Å². The number of hydrogen-bond acceptors (Lipinski definition) is 6. The number of fused-ring (bicyclic) bond motifs is 1. The van der Waals surface area contributed by atoms with E-state index in [9.17, 15) is 9.59 Å². The van der Waals surface area contributed by atoms with Gasteiger partial charge in [-0.3, -0.25) is 4.79 Å². The molecule has 3 rings (SSSR count). The van der Waals surface area contributed by atoms with Crippen molar-refractivity contribution in [2.75, 3.05) is 0 Å². The summed E-state index contributed by atoms with van der Waals surface area (Å²) in [7, 11) is 0. The monoisotopic (exact) mass is 366 g/mol. The second kappa shape index (κ2) is 6.90. The summed E-state index contributed by atoms with van der Waals surface area (Å²) in [6.07, 6.45) is -0.944. The molecule has 0 spiro atoms. The molecule has 1 atom stereocenters. The van der Waals surface area contributed by atoms with Crippen molar-refractivity contribution >= 4 is 17.5 Å². The number of carbonyl (C=O) groups is 2. The van der Waals surface area contributed by atoms with Crippen molar-refractivity contribution in [3.8, 4) is 0 Å². The molecule has 0 amide bonds. The molecule has 0 saturated heterocycles. The average Bonchev–Trinajstić information content (AvgIpc) is 3.02. The van der Waals surface area contributed by atoms with Crippen LogP contribution in [0.25, 0.3) is 5.78 Å². The van der Waals surface area contributed by atoms with Crippen LogP contribution in [0.4, 0.5) is 0 Å². The first-order valence-corrected chi connectivity index (χ1v) is 8.71. The molecular weight excluding hydrogens is 344 g/mol. The molecule has 2 aromatic heterocycles. The lowest BCUT2D eigenvalue weighted by Crippen LogP contribution is -2.25. The van der Waals surface area contributed by atoms with E-state index in [2.05, 4.69) is 15.1 Å². The van der Waals surface area contributed by atoms with Gasteiger partial charge in [-0.25, -0.2) is 14.3 Å². The number of ketones is 1. The van der Waals surface area contributed by atoms with E-state index in [-0.39, 0.29) is 11.6 Å². The van der Waals surface area contributed by atoms with E-state index in [1.807, 2.05) is 52.8 Å². The van der Waals surface area contributed by atoms with Crippen LogP contribution in [0.2, 0.25) is 0 Å². The van der Waals surface area contributed by atoms with Gasteiger partial charge in [0.15, 0.2) is 6.10 Å². The minimum atomic E-state index is -0.944. The SMILES string of the molecule is Cc1cc(C)n2nc(C(=O)O[C@@H](C)C(=O)c3cc(C)c(C)cc3C)nc2n1. The van der Waals surface area contributed by atoms with E-state index in [0.717, 1.165) is 28.1 Å². The Morgan fingerprint density at radius 2 is 1.63 bits per heavy atom. The molecule has 0 bridgehead atoms. The average molecular weight is 366 g/mol. The van der Waals surface area contributed by atoms with Crippen LogP contribution in [-0.2, 0) is 4.74 Å². The van der Waals surface area contributed by atoms with Crippen LogP contribution in [0.1, 0.15) is 56.0 Å². The largest absolute Gasteiger partial charge is 0.448 e. The number of rotatable bonds is 4. The Labute approximate surface area is 157 Å². The Balaban J connectivity index is 1.82. The first kappa shape index (κ1) is 18.7. The number of ether oxygens (including phenoxy) is 1. The second-order valence-electron chi connectivity index (χ2n) is 6.85. The zero-order chi connectivity index (χ0) is 19.9. The Kier molecular flexibility index (Phi) is 4.78.